The van der Waals surface area contributed by atoms with Crippen molar-refractivity contribution in [3.63, 3.8) is 0 Å². The highest BCUT2D eigenvalue weighted by Gasteiger charge is 2.55. The quantitative estimate of drug-likeness (QED) is 0.750. The van der Waals surface area contributed by atoms with Crippen LogP contribution in [0.25, 0.3) is 0 Å². The number of thiocarbonyl (C=S) groups is 1. The molecule has 0 aromatic heterocycles. The SMILES string of the molecule is O=C1C2C(NC(=S)N1Cc1ccccc1)c1ccccc1CC21CCCCC1. The number of hydrogen-bond acceptors (Lipinski definition) is 2. The standard InChI is InChI=1S/C24H26N2OS/c27-22-20-21(25-23(28)26(22)16-17-9-3-1-4-10-17)19-12-6-5-11-18(19)15-24(20)13-7-2-8-14-24/h1,3-6,9-12,20-21H,2,7-8,13-16H2,(H,25,28). The van der Waals surface area contributed by atoms with Crippen LogP contribution < -0.4 is 5.32 Å². The lowest BCUT2D eigenvalue weighted by atomic mass is 9.55. The zero-order chi connectivity index (χ0) is 19.1. The van der Waals surface area contributed by atoms with Crippen molar-refractivity contribution >= 4 is 23.2 Å². The Hall–Kier alpha value is -2.20. The number of hydrogen-bond donors (Lipinski definition) is 1. The molecule has 2 aliphatic carbocycles. The summed E-state index contributed by atoms with van der Waals surface area (Å²) in [6, 6.07) is 18.8. The third kappa shape index (κ3) is 2.86. The Morgan fingerprint density at radius 1 is 1.00 bits per heavy atom. The number of fused-ring (bicyclic) bond motifs is 4. The van der Waals surface area contributed by atoms with Crippen molar-refractivity contribution < 1.29 is 4.79 Å². The molecular weight excluding hydrogens is 364 g/mol. The molecule has 2 aromatic rings. The normalized spacial score (nSPS) is 25.8. The molecule has 2 unspecified atom stereocenters. The lowest BCUT2D eigenvalue weighted by Gasteiger charge is -2.54. The van der Waals surface area contributed by atoms with Crippen molar-refractivity contribution in [2.75, 3.05) is 0 Å². The van der Waals surface area contributed by atoms with Gasteiger partial charge in [-0.3, -0.25) is 9.69 Å². The van der Waals surface area contributed by atoms with Crippen molar-refractivity contribution in [3.05, 3.63) is 71.3 Å². The molecule has 3 nitrogen and oxygen atoms in total. The molecular formula is C24H26N2OS. The average Bonchev–Trinajstić information content (AvgIpc) is 2.72. The van der Waals surface area contributed by atoms with Gasteiger partial charge in [0.2, 0.25) is 5.91 Å². The molecule has 1 N–H and O–H groups in total. The lowest BCUT2D eigenvalue weighted by Crippen LogP contribution is -2.62. The van der Waals surface area contributed by atoms with Crippen molar-refractivity contribution in [3.8, 4) is 0 Å². The van der Waals surface area contributed by atoms with E-state index >= 15 is 0 Å². The number of rotatable bonds is 2. The number of nitrogens with one attached hydrogen (secondary N) is 1. The molecule has 2 atom stereocenters. The van der Waals surface area contributed by atoms with Crippen LogP contribution in [-0.4, -0.2) is 15.9 Å². The number of amides is 1. The van der Waals surface area contributed by atoms with Crippen LogP contribution in [0.15, 0.2) is 54.6 Å². The number of carbonyl (C=O) groups is 1. The number of carbonyl (C=O) groups excluding carboxylic acids is 1. The van der Waals surface area contributed by atoms with Gasteiger partial charge in [-0.15, -0.1) is 0 Å². The van der Waals surface area contributed by atoms with Crippen LogP contribution in [0, 0.1) is 11.3 Å². The Labute approximate surface area is 172 Å². The largest absolute Gasteiger partial charge is 0.355 e. The summed E-state index contributed by atoms with van der Waals surface area (Å²) < 4.78 is 0. The zero-order valence-electron chi connectivity index (χ0n) is 16.1. The van der Waals surface area contributed by atoms with Gasteiger partial charge in [0.15, 0.2) is 5.11 Å². The molecule has 1 saturated carbocycles. The van der Waals surface area contributed by atoms with Crippen LogP contribution >= 0.6 is 12.2 Å². The van der Waals surface area contributed by atoms with Crippen LogP contribution in [0.3, 0.4) is 0 Å². The fourth-order valence-electron chi connectivity index (χ4n) is 5.72. The summed E-state index contributed by atoms with van der Waals surface area (Å²) in [7, 11) is 0. The first kappa shape index (κ1) is 17.9. The molecule has 1 heterocycles. The highest BCUT2D eigenvalue weighted by atomic mass is 32.1. The molecule has 0 radical (unpaired) electrons. The molecule has 5 rings (SSSR count). The highest BCUT2D eigenvalue weighted by Crippen LogP contribution is 2.55. The van der Waals surface area contributed by atoms with Gasteiger partial charge in [-0.2, -0.15) is 0 Å². The third-order valence-electron chi connectivity index (χ3n) is 7.01. The first-order valence-electron chi connectivity index (χ1n) is 10.4. The Morgan fingerprint density at radius 2 is 1.71 bits per heavy atom. The first-order chi connectivity index (χ1) is 13.7. The van der Waals surface area contributed by atoms with E-state index in [0.29, 0.717) is 11.7 Å². The molecule has 28 heavy (non-hydrogen) atoms. The van der Waals surface area contributed by atoms with Gasteiger partial charge in [0.25, 0.3) is 0 Å². The topological polar surface area (TPSA) is 32.3 Å². The van der Waals surface area contributed by atoms with Crippen LogP contribution in [0.2, 0.25) is 0 Å². The molecule has 1 saturated heterocycles. The first-order valence-corrected chi connectivity index (χ1v) is 10.8. The summed E-state index contributed by atoms with van der Waals surface area (Å²) in [5.41, 5.74) is 3.84. The molecule has 144 valence electrons. The third-order valence-corrected chi connectivity index (χ3v) is 7.35. The minimum Gasteiger partial charge on any atom is -0.355 e. The van der Waals surface area contributed by atoms with Crippen LogP contribution in [0.4, 0.5) is 0 Å². The predicted octanol–water partition coefficient (Wildman–Crippen LogP) is 4.77. The Kier molecular flexibility index (Phi) is 4.47. The van der Waals surface area contributed by atoms with Gasteiger partial charge in [0, 0.05) is 0 Å². The van der Waals surface area contributed by atoms with E-state index in [9.17, 15) is 4.79 Å². The van der Waals surface area contributed by atoms with Gasteiger partial charge in [-0.05, 0) is 53.6 Å². The Morgan fingerprint density at radius 3 is 2.50 bits per heavy atom. The average molecular weight is 391 g/mol. The van der Waals surface area contributed by atoms with Crippen molar-refractivity contribution in [2.24, 2.45) is 11.3 Å². The number of nitrogens with zero attached hydrogens (tertiary/aromatic N) is 1. The van der Waals surface area contributed by atoms with Crippen LogP contribution in [0.1, 0.15) is 54.8 Å². The van der Waals surface area contributed by atoms with Gasteiger partial charge < -0.3 is 5.32 Å². The summed E-state index contributed by atoms with van der Waals surface area (Å²) in [5, 5.41) is 4.15. The highest BCUT2D eigenvalue weighted by molar-refractivity contribution is 7.80. The van der Waals surface area contributed by atoms with Crippen LogP contribution in [0.5, 0.6) is 0 Å². The molecule has 1 amide bonds. The van der Waals surface area contributed by atoms with E-state index in [-0.39, 0.29) is 23.3 Å². The van der Waals surface area contributed by atoms with Gasteiger partial charge in [0.05, 0.1) is 18.5 Å². The Bertz CT molecular complexity index is 904. The van der Waals surface area contributed by atoms with Crippen molar-refractivity contribution in [1.82, 2.24) is 10.2 Å². The zero-order valence-corrected chi connectivity index (χ0v) is 16.9. The van der Waals surface area contributed by atoms with E-state index in [1.807, 2.05) is 23.1 Å². The summed E-state index contributed by atoms with van der Waals surface area (Å²) in [5.74, 6) is 0.187. The van der Waals surface area contributed by atoms with E-state index in [4.69, 9.17) is 12.2 Å². The van der Waals surface area contributed by atoms with E-state index in [2.05, 4.69) is 41.7 Å². The fourth-order valence-corrected chi connectivity index (χ4v) is 6.01. The molecule has 3 aliphatic rings. The summed E-state index contributed by atoms with van der Waals surface area (Å²) in [6.45, 7) is 0.548. The summed E-state index contributed by atoms with van der Waals surface area (Å²) in [6.07, 6.45) is 7.03. The van der Waals surface area contributed by atoms with E-state index < -0.39 is 0 Å². The van der Waals surface area contributed by atoms with Crippen molar-refractivity contribution in [2.45, 2.75) is 51.1 Å². The second-order valence-corrected chi connectivity index (χ2v) is 9.00. The second kappa shape index (κ2) is 7.00. The van der Waals surface area contributed by atoms with Gasteiger partial charge in [-0.25, -0.2) is 0 Å². The van der Waals surface area contributed by atoms with E-state index in [0.717, 1.165) is 24.8 Å². The second-order valence-electron chi connectivity index (χ2n) is 8.61. The molecule has 1 spiro atoms. The summed E-state index contributed by atoms with van der Waals surface area (Å²) >= 11 is 5.68. The van der Waals surface area contributed by atoms with Crippen LogP contribution in [-0.2, 0) is 17.8 Å². The molecule has 4 heteroatoms. The van der Waals surface area contributed by atoms with E-state index in [1.54, 1.807) is 0 Å². The molecule has 2 aromatic carbocycles. The monoisotopic (exact) mass is 390 g/mol. The maximum Gasteiger partial charge on any atom is 0.235 e. The maximum atomic E-state index is 13.9. The lowest BCUT2D eigenvalue weighted by molar-refractivity contribution is -0.142. The molecule has 2 fully saturated rings. The van der Waals surface area contributed by atoms with Gasteiger partial charge in [0.1, 0.15) is 0 Å². The Balaban J connectivity index is 1.55. The van der Waals surface area contributed by atoms with Gasteiger partial charge >= 0.3 is 0 Å². The van der Waals surface area contributed by atoms with E-state index in [1.165, 1.54) is 30.4 Å². The smallest absolute Gasteiger partial charge is 0.235 e. The van der Waals surface area contributed by atoms with Gasteiger partial charge in [-0.1, -0.05) is 73.9 Å². The fraction of sp³-hybridized carbons (Fsp3) is 0.417. The van der Waals surface area contributed by atoms with Crippen molar-refractivity contribution in [1.29, 1.82) is 0 Å². The minimum absolute atomic E-state index is 0.00933. The predicted molar refractivity (Wildman–Crippen MR) is 115 cm³/mol. The molecule has 0 bridgehead atoms. The minimum atomic E-state index is -0.0295. The number of benzene rings is 2. The summed E-state index contributed by atoms with van der Waals surface area (Å²) in [4.78, 5) is 15.7. The molecule has 1 aliphatic heterocycles. The maximum absolute atomic E-state index is 13.9.